The highest BCUT2D eigenvalue weighted by atomic mass is 127. The maximum absolute atomic E-state index is 11.1. The van der Waals surface area contributed by atoms with Crippen molar-refractivity contribution in [1.29, 1.82) is 0 Å². The minimum Gasteiger partial charge on any atom is -0.450 e. The van der Waals surface area contributed by atoms with E-state index in [-0.39, 0.29) is 11.4 Å². The predicted octanol–water partition coefficient (Wildman–Crippen LogP) is 4.05. The molecule has 2 aromatic rings. The third kappa shape index (κ3) is 4.15. The number of para-hydroxylation sites is 1. The summed E-state index contributed by atoms with van der Waals surface area (Å²) in [5, 5.41) is 11.1. The van der Waals surface area contributed by atoms with Crippen molar-refractivity contribution in [2.45, 2.75) is 6.54 Å². The number of halogens is 1. The Morgan fingerprint density at radius 1 is 1.19 bits per heavy atom. The van der Waals surface area contributed by atoms with Gasteiger partial charge < -0.3 is 9.64 Å². The van der Waals surface area contributed by atoms with Crippen LogP contribution >= 0.6 is 22.6 Å². The number of nitro benzene ring substituents is 1. The zero-order chi connectivity index (χ0) is 15.4. The van der Waals surface area contributed by atoms with Crippen molar-refractivity contribution < 1.29 is 9.66 Å². The van der Waals surface area contributed by atoms with Crippen LogP contribution < -0.4 is 4.74 Å². The minimum atomic E-state index is -0.431. The molecule has 0 unspecified atom stereocenters. The molecule has 0 amide bonds. The van der Waals surface area contributed by atoms with Crippen LogP contribution in [0.25, 0.3) is 0 Å². The van der Waals surface area contributed by atoms with E-state index in [0.29, 0.717) is 12.3 Å². The molecule has 5 nitrogen and oxygen atoms in total. The summed E-state index contributed by atoms with van der Waals surface area (Å²) >= 11 is 2.11. The summed E-state index contributed by atoms with van der Waals surface area (Å²) in [5.74, 6) is 0.898. The summed E-state index contributed by atoms with van der Waals surface area (Å²) in [4.78, 5) is 12.7. The van der Waals surface area contributed by atoms with Crippen molar-refractivity contribution in [2.24, 2.45) is 0 Å². The Morgan fingerprint density at radius 2 is 1.90 bits per heavy atom. The largest absolute Gasteiger partial charge is 0.450 e. The monoisotopic (exact) mass is 398 g/mol. The Kier molecular flexibility index (Phi) is 5.13. The van der Waals surface area contributed by atoms with Crippen molar-refractivity contribution in [3.8, 4) is 11.5 Å². The number of hydrogen-bond acceptors (Lipinski definition) is 4. The van der Waals surface area contributed by atoms with Crippen molar-refractivity contribution in [1.82, 2.24) is 4.90 Å². The van der Waals surface area contributed by atoms with Gasteiger partial charge in [0.05, 0.1) is 4.92 Å². The zero-order valence-electron chi connectivity index (χ0n) is 11.7. The van der Waals surface area contributed by atoms with Gasteiger partial charge in [0.25, 0.3) is 0 Å². The van der Waals surface area contributed by atoms with E-state index in [1.165, 1.54) is 6.07 Å². The molecule has 0 aliphatic rings. The lowest BCUT2D eigenvalue weighted by Gasteiger charge is -2.14. The van der Waals surface area contributed by atoms with Gasteiger partial charge in [-0.25, -0.2) is 0 Å². The summed E-state index contributed by atoms with van der Waals surface area (Å²) in [6, 6.07) is 12.4. The standard InChI is InChI=1S/C15H15IN2O3/c1-17(2)10-11-5-3-4-6-14(11)21-15-9-12(16)7-8-13(15)18(19)20/h3-9H,10H2,1-2H3. The van der Waals surface area contributed by atoms with Gasteiger partial charge >= 0.3 is 5.69 Å². The van der Waals surface area contributed by atoms with Crippen LogP contribution in [-0.2, 0) is 6.54 Å². The number of ether oxygens (including phenoxy) is 1. The molecule has 0 fully saturated rings. The van der Waals surface area contributed by atoms with Crippen molar-refractivity contribution in [3.63, 3.8) is 0 Å². The second kappa shape index (κ2) is 6.86. The van der Waals surface area contributed by atoms with E-state index in [0.717, 1.165) is 9.13 Å². The fraction of sp³-hybridized carbons (Fsp3) is 0.200. The average molecular weight is 398 g/mol. The lowest BCUT2D eigenvalue weighted by molar-refractivity contribution is -0.385. The Bertz CT molecular complexity index is 659. The van der Waals surface area contributed by atoms with Gasteiger partial charge in [-0.1, -0.05) is 18.2 Å². The molecule has 0 saturated heterocycles. The second-order valence-electron chi connectivity index (χ2n) is 4.82. The van der Waals surface area contributed by atoms with Crippen molar-refractivity contribution in [3.05, 3.63) is 61.7 Å². The van der Waals surface area contributed by atoms with Crippen molar-refractivity contribution >= 4 is 28.3 Å². The van der Waals surface area contributed by atoms with Crippen LogP contribution in [0.1, 0.15) is 5.56 Å². The van der Waals surface area contributed by atoms with Crippen LogP contribution in [0.3, 0.4) is 0 Å². The molecule has 110 valence electrons. The molecular formula is C15H15IN2O3. The smallest absolute Gasteiger partial charge is 0.311 e. The average Bonchev–Trinajstić information content (AvgIpc) is 2.40. The van der Waals surface area contributed by atoms with Gasteiger partial charge in [-0.2, -0.15) is 0 Å². The minimum absolute atomic E-state index is 0.0323. The molecular weight excluding hydrogens is 383 g/mol. The van der Waals surface area contributed by atoms with Gasteiger partial charge in [-0.15, -0.1) is 0 Å². The molecule has 0 aliphatic carbocycles. The molecule has 2 aromatic carbocycles. The number of benzene rings is 2. The first-order chi connectivity index (χ1) is 9.97. The van der Waals surface area contributed by atoms with Crippen LogP contribution in [0.2, 0.25) is 0 Å². The highest BCUT2D eigenvalue weighted by Crippen LogP contribution is 2.34. The van der Waals surface area contributed by atoms with Crippen LogP contribution in [0, 0.1) is 13.7 Å². The Labute approximate surface area is 136 Å². The van der Waals surface area contributed by atoms with Crippen LogP contribution in [0.5, 0.6) is 11.5 Å². The van der Waals surface area contributed by atoms with E-state index in [1.807, 2.05) is 43.3 Å². The number of rotatable bonds is 5. The molecule has 0 bridgehead atoms. The van der Waals surface area contributed by atoms with Gasteiger partial charge in [0, 0.05) is 27.8 Å². The molecule has 21 heavy (non-hydrogen) atoms. The van der Waals surface area contributed by atoms with Crippen LogP contribution in [0.15, 0.2) is 42.5 Å². The first kappa shape index (κ1) is 15.7. The summed E-state index contributed by atoms with van der Waals surface area (Å²) in [6.45, 7) is 0.702. The molecule has 2 rings (SSSR count). The molecule has 0 radical (unpaired) electrons. The summed E-state index contributed by atoms with van der Waals surface area (Å²) < 4.78 is 6.70. The maximum atomic E-state index is 11.1. The molecule has 0 spiro atoms. The fourth-order valence-electron chi connectivity index (χ4n) is 1.91. The molecule has 0 N–H and O–H groups in total. The summed E-state index contributed by atoms with van der Waals surface area (Å²) in [6.07, 6.45) is 0. The Hall–Kier alpha value is -1.67. The SMILES string of the molecule is CN(C)Cc1ccccc1Oc1cc(I)ccc1[N+](=O)[O-]. The highest BCUT2D eigenvalue weighted by molar-refractivity contribution is 14.1. The number of hydrogen-bond donors (Lipinski definition) is 0. The van der Waals surface area contributed by atoms with Crippen LogP contribution in [0.4, 0.5) is 5.69 Å². The molecule has 0 heterocycles. The Morgan fingerprint density at radius 3 is 2.57 bits per heavy atom. The van der Waals surface area contributed by atoms with Crippen molar-refractivity contribution in [2.75, 3.05) is 14.1 Å². The van der Waals surface area contributed by atoms with Crippen LogP contribution in [-0.4, -0.2) is 23.9 Å². The lowest BCUT2D eigenvalue weighted by atomic mass is 10.2. The van der Waals surface area contributed by atoms with E-state index >= 15 is 0 Å². The van der Waals surface area contributed by atoms with E-state index < -0.39 is 4.92 Å². The second-order valence-corrected chi connectivity index (χ2v) is 6.06. The van der Waals surface area contributed by atoms with E-state index in [4.69, 9.17) is 4.74 Å². The topological polar surface area (TPSA) is 55.6 Å². The normalized spacial score (nSPS) is 10.7. The van der Waals surface area contributed by atoms with E-state index in [1.54, 1.807) is 12.1 Å². The van der Waals surface area contributed by atoms with Gasteiger partial charge in [-0.3, -0.25) is 10.1 Å². The fourth-order valence-corrected chi connectivity index (χ4v) is 2.38. The van der Waals surface area contributed by atoms with Gasteiger partial charge in [0.15, 0.2) is 0 Å². The molecule has 0 aliphatic heterocycles. The van der Waals surface area contributed by atoms with E-state index in [9.17, 15) is 10.1 Å². The quantitative estimate of drug-likeness (QED) is 0.433. The number of nitro groups is 1. The predicted molar refractivity (Wildman–Crippen MR) is 89.7 cm³/mol. The zero-order valence-corrected chi connectivity index (χ0v) is 13.9. The maximum Gasteiger partial charge on any atom is 0.311 e. The third-order valence-corrected chi connectivity index (χ3v) is 3.47. The molecule has 0 atom stereocenters. The van der Waals surface area contributed by atoms with Gasteiger partial charge in [0.2, 0.25) is 5.75 Å². The van der Waals surface area contributed by atoms with Gasteiger partial charge in [0.1, 0.15) is 5.75 Å². The van der Waals surface area contributed by atoms with Gasteiger partial charge in [-0.05, 0) is 48.8 Å². The first-order valence-electron chi connectivity index (χ1n) is 6.32. The number of nitrogens with zero attached hydrogens (tertiary/aromatic N) is 2. The molecule has 0 aromatic heterocycles. The molecule has 6 heteroatoms. The Balaban J connectivity index is 2.38. The molecule has 0 saturated carbocycles. The summed E-state index contributed by atoms with van der Waals surface area (Å²) in [7, 11) is 3.93. The summed E-state index contributed by atoms with van der Waals surface area (Å²) in [5.41, 5.74) is 0.950. The lowest BCUT2D eigenvalue weighted by Crippen LogP contribution is -2.11. The highest BCUT2D eigenvalue weighted by Gasteiger charge is 2.17. The van der Waals surface area contributed by atoms with E-state index in [2.05, 4.69) is 22.6 Å². The first-order valence-corrected chi connectivity index (χ1v) is 7.39. The third-order valence-electron chi connectivity index (χ3n) is 2.80.